The largest absolute Gasteiger partial charge is 0.335 e. The summed E-state index contributed by atoms with van der Waals surface area (Å²) in [7, 11) is 0. The van der Waals surface area contributed by atoms with Gasteiger partial charge in [-0.15, -0.1) is 28.6 Å². The van der Waals surface area contributed by atoms with Gasteiger partial charge in [-0.25, -0.2) is 4.79 Å². The maximum Gasteiger partial charge on any atom is 0.335 e. The minimum atomic E-state index is -0.568. The second-order valence-corrected chi connectivity index (χ2v) is 12.1. The van der Waals surface area contributed by atoms with Gasteiger partial charge in [-0.1, -0.05) is 49.0 Å². The van der Waals surface area contributed by atoms with E-state index in [2.05, 4.69) is 0 Å². The summed E-state index contributed by atoms with van der Waals surface area (Å²) in [5.41, 5.74) is 0. The van der Waals surface area contributed by atoms with Crippen molar-refractivity contribution >= 4 is 53.1 Å². The lowest BCUT2D eigenvalue weighted by molar-refractivity contribution is -0.199. The van der Waals surface area contributed by atoms with Crippen LogP contribution < -0.4 is 0 Å². The van der Waals surface area contributed by atoms with E-state index in [4.69, 9.17) is 4.84 Å². The number of amides is 4. The van der Waals surface area contributed by atoms with Crippen LogP contribution in [0.25, 0.3) is 0 Å². The molecule has 10 heteroatoms. The predicted molar refractivity (Wildman–Crippen MR) is 129 cm³/mol. The molecule has 0 aromatic carbocycles. The molecule has 2 fully saturated rings. The van der Waals surface area contributed by atoms with Crippen molar-refractivity contribution in [2.75, 3.05) is 0 Å². The summed E-state index contributed by atoms with van der Waals surface area (Å²) in [5, 5.41) is 0.677. The second kappa shape index (κ2) is 13.2. The van der Waals surface area contributed by atoms with Crippen LogP contribution >= 0.6 is 23.5 Å². The van der Waals surface area contributed by atoms with Gasteiger partial charge in [-0.2, -0.15) is 0 Å². The number of hydroxylamine groups is 2. The van der Waals surface area contributed by atoms with Gasteiger partial charge in [0.2, 0.25) is 11.8 Å². The van der Waals surface area contributed by atoms with Crippen LogP contribution in [0.15, 0.2) is 0 Å². The molecule has 4 amide bonds. The first-order chi connectivity index (χ1) is 14.3. The van der Waals surface area contributed by atoms with Gasteiger partial charge in [-0.05, 0) is 24.3 Å². The van der Waals surface area contributed by atoms with E-state index < -0.39 is 23.0 Å². The zero-order chi connectivity index (χ0) is 24.0. The third-order valence-corrected chi connectivity index (χ3v) is 6.73. The molecule has 8 nitrogen and oxygen atoms in total. The van der Waals surface area contributed by atoms with Crippen molar-refractivity contribution in [3.63, 3.8) is 0 Å². The SMILES string of the molecule is C.CC(C)SC1CC(=O)N(C(C)C)C1=O.CC(C)SC1CC(=O)N(OC(=O)C(C)C)C1=O. The molecule has 2 rings (SSSR count). The van der Waals surface area contributed by atoms with Gasteiger partial charge in [0.25, 0.3) is 11.8 Å². The minimum absolute atomic E-state index is 0. The Labute approximate surface area is 200 Å². The molecule has 184 valence electrons. The summed E-state index contributed by atoms with van der Waals surface area (Å²) in [6.07, 6.45) is 0.479. The number of nitrogens with zero attached hydrogens (tertiary/aromatic N) is 2. The normalized spacial score (nSPS) is 21.0. The van der Waals surface area contributed by atoms with Crippen molar-refractivity contribution in [1.82, 2.24) is 9.96 Å². The van der Waals surface area contributed by atoms with Gasteiger partial charge in [0, 0.05) is 12.5 Å². The smallest absolute Gasteiger partial charge is 0.330 e. The van der Waals surface area contributed by atoms with Crippen LogP contribution in [0, 0.1) is 5.92 Å². The van der Waals surface area contributed by atoms with Crippen LogP contribution in [-0.2, 0) is 28.8 Å². The lowest BCUT2D eigenvalue weighted by Gasteiger charge is -2.19. The number of likely N-dealkylation sites (tertiary alicyclic amines) is 1. The third-order valence-electron chi connectivity index (χ3n) is 4.25. The molecule has 2 atom stereocenters. The van der Waals surface area contributed by atoms with E-state index >= 15 is 0 Å². The number of hydrogen-bond donors (Lipinski definition) is 0. The molecule has 0 bridgehead atoms. The van der Waals surface area contributed by atoms with Crippen molar-refractivity contribution in [2.24, 2.45) is 5.92 Å². The van der Waals surface area contributed by atoms with Crippen LogP contribution in [0.2, 0.25) is 0 Å². The van der Waals surface area contributed by atoms with Crippen molar-refractivity contribution in [2.45, 2.75) is 103 Å². The molecule has 0 aliphatic carbocycles. The van der Waals surface area contributed by atoms with Gasteiger partial charge in [0.05, 0.1) is 22.8 Å². The van der Waals surface area contributed by atoms with Gasteiger partial charge in [0.15, 0.2) is 0 Å². The maximum atomic E-state index is 11.8. The molecule has 0 radical (unpaired) electrons. The maximum absolute atomic E-state index is 11.8. The summed E-state index contributed by atoms with van der Waals surface area (Å²) >= 11 is 2.99. The molecule has 2 saturated heterocycles. The number of carbonyl (C=O) groups excluding carboxylic acids is 5. The Morgan fingerprint density at radius 3 is 1.62 bits per heavy atom. The Hall–Kier alpha value is -1.55. The Morgan fingerprint density at radius 1 is 0.812 bits per heavy atom. The Bertz CT molecular complexity index is 709. The topological polar surface area (TPSA) is 101 Å². The zero-order valence-corrected chi connectivity index (χ0v) is 21.2. The molecule has 0 spiro atoms. The highest BCUT2D eigenvalue weighted by atomic mass is 32.2. The molecule has 2 unspecified atom stereocenters. The molecule has 2 heterocycles. The Balaban J connectivity index is 0.000000592. The summed E-state index contributed by atoms with van der Waals surface area (Å²) in [4.78, 5) is 64.2. The summed E-state index contributed by atoms with van der Waals surface area (Å²) in [5.74, 6) is -1.84. The molecule has 2 aliphatic rings. The van der Waals surface area contributed by atoms with Crippen molar-refractivity contribution in [3.05, 3.63) is 0 Å². The molecule has 0 aromatic rings. The van der Waals surface area contributed by atoms with E-state index in [9.17, 15) is 24.0 Å². The molecule has 0 N–H and O–H groups in total. The highest BCUT2D eigenvalue weighted by Crippen LogP contribution is 2.30. The van der Waals surface area contributed by atoms with Crippen LogP contribution in [0.5, 0.6) is 0 Å². The number of hydrogen-bond acceptors (Lipinski definition) is 8. The Kier molecular flexibility index (Phi) is 12.6. The minimum Gasteiger partial charge on any atom is -0.330 e. The predicted octanol–water partition coefficient (Wildman–Crippen LogP) is 3.67. The van der Waals surface area contributed by atoms with Crippen LogP contribution in [0.4, 0.5) is 0 Å². The van der Waals surface area contributed by atoms with Gasteiger partial charge >= 0.3 is 5.97 Å². The third kappa shape index (κ3) is 8.42. The lowest BCUT2D eigenvalue weighted by Crippen LogP contribution is -2.37. The summed E-state index contributed by atoms with van der Waals surface area (Å²) in [6.45, 7) is 15.0. The van der Waals surface area contributed by atoms with Crippen LogP contribution in [-0.4, -0.2) is 66.6 Å². The average molecular weight is 491 g/mol. The summed E-state index contributed by atoms with van der Waals surface area (Å²) < 4.78 is 0. The lowest BCUT2D eigenvalue weighted by atomic mass is 10.2. The molecule has 0 saturated carbocycles. The highest BCUT2D eigenvalue weighted by Gasteiger charge is 2.42. The molecule has 32 heavy (non-hydrogen) atoms. The summed E-state index contributed by atoms with van der Waals surface area (Å²) in [6, 6.07) is -0.00670. The van der Waals surface area contributed by atoms with Gasteiger partial charge in [0.1, 0.15) is 0 Å². The number of thioether (sulfide) groups is 2. The molecule has 2 aliphatic heterocycles. The van der Waals surface area contributed by atoms with Gasteiger partial charge < -0.3 is 4.84 Å². The van der Waals surface area contributed by atoms with Crippen LogP contribution in [0.3, 0.4) is 0 Å². The van der Waals surface area contributed by atoms with Gasteiger partial charge in [-0.3, -0.25) is 24.1 Å². The van der Waals surface area contributed by atoms with Crippen LogP contribution in [0.1, 0.15) is 75.7 Å². The standard InChI is InChI=1S/C11H17NO4S.C10H17NO2S.CH4/c1-6(2)11(15)16-12-9(13)5-8(10(12)14)17-7(3)4;1-6(2)11-9(12)5-8(10(11)13)14-7(3)4;/h6-8H,5H2,1-4H3;6-8H,5H2,1-4H3;1H4. The van der Waals surface area contributed by atoms with E-state index in [-0.39, 0.29) is 48.1 Å². The fourth-order valence-electron chi connectivity index (χ4n) is 2.91. The average Bonchev–Trinajstić information content (AvgIpc) is 3.04. The molecular weight excluding hydrogens is 452 g/mol. The fraction of sp³-hybridized carbons (Fsp3) is 0.773. The number of imide groups is 2. The quantitative estimate of drug-likeness (QED) is 0.498. The second-order valence-electron chi connectivity index (χ2n) is 8.54. The molecular formula is C22H38N2O6S2. The number of carbonyl (C=O) groups is 5. The fourth-order valence-corrected chi connectivity index (χ4v) is 5.14. The van der Waals surface area contributed by atoms with Crippen molar-refractivity contribution in [3.8, 4) is 0 Å². The first-order valence-corrected chi connectivity index (χ1v) is 12.4. The zero-order valence-electron chi connectivity index (χ0n) is 19.5. The number of rotatable bonds is 7. The van der Waals surface area contributed by atoms with E-state index in [0.29, 0.717) is 16.7 Å². The van der Waals surface area contributed by atoms with E-state index in [1.165, 1.54) is 16.7 Å². The van der Waals surface area contributed by atoms with E-state index in [0.717, 1.165) is 0 Å². The van der Waals surface area contributed by atoms with E-state index in [1.807, 2.05) is 41.5 Å². The molecule has 0 aromatic heterocycles. The highest BCUT2D eigenvalue weighted by molar-refractivity contribution is 8.01. The Morgan fingerprint density at radius 2 is 1.25 bits per heavy atom. The monoisotopic (exact) mass is 490 g/mol. The van der Waals surface area contributed by atoms with Crippen molar-refractivity contribution < 1.29 is 28.8 Å². The first kappa shape index (κ1) is 30.4. The first-order valence-electron chi connectivity index (χ1n) is 10.5. The van der Waals surface area contributed by atoms with Crippen molar-refractivity contribution in [1.29, 1.82) is 0 Å². The van der Waals surface area contributed by atoms with E-state index in [1.54, 1.807) is 25.6 Å².